The maximum Gasteiger partial charge on any atom is 0.0844 e. The molecule has 19 heavy (non-hydrogen) atoms. The highest BCUT2D eigenvalue weighted by Gasteiger charge is 2.12. The zero-order chi connectivity index (χ0) is 13.2. The van der Waals surface area contributed by atoms with E-state index < -0.39 is 6.10 Å². The van der Waals surface area contributed by atoms with Crippen molar-refractivity contribution in [3.8, 4) is 0 Å². The molecule has 0 radical (unpaired) electrons. The lowest BCUT2D eigenvalue weighted by Crippen LogP contribution is -2.01. The Labute approximate surface area is 121 Å². The lowest BCUT2D eigenvalue weighted by atomic mass is 10.0. The topological polar surface area (TPSA) is 20.2 Å². The molecule has 1 unspecified atom stereocenters. The van der Waals surface area contributed by atoms with Gasteiger partial charge in [0.2, 0.25) is 0 Å². The van der Waals surface area contributed by atoms with Gasteiger partial charge in [0.15, 0.2) is 0 Å². The molecule has 0 fully saturated rings. The van der Waals surface area contributed by atoms with Crippen molar-refractivity contribution in [3.63, 3.8) is 0 Å². The molecule has 0 bridgehead atoms. The number of hydrogen-bond donors (Lipinski definition) is 1. The van der Waals surface area contributed by atoms with Crippen LogP contribution < -0.4 is 0 Å². The van der Waals surface area contributed by atoms with E-state index in [1.165, 1.54) is 10.1 Å². The third-order valence-corrected chi connectivity index (χ3v) is 4.44. The van der Waals surface area contributed by atoms with Gasteiger partial charge in [-0.05, 0) is 40.1 Å². The molecule has 1 atom stereocenters. The highest BCUT2D eigenvalue weighted by atomic mass is 35.5. The van der Waals surface area contributed by atoms with E-state index in [4.69, 9.17) is 11.6 Å². The standard InChI is InChI=1S/C16H13ClOS/c17-13-6-4-11(5-7-13)10-15(18)14-3-1-2-12-8-9-19-16(12)14/h1-9,15,18H,10H2. The first-order chi connectivity index (χ1) is 9.24. The Morgan fingerprint density at radius 3 is 2.63 bits per heavy atom. The highest BCUT2D eigenvalue weighted by Crippen LogP contribution is 2.30. The molecule has 0 saturated heterocycles. The second-order valence-corrected chi connectivity index (χ2v) is 5.89. The van der Waals surface area contributed by atoms with Crippen molar-refractivity contribution in [1.82, 2.24) is 0 Å². The van der Waals surface area contributed by atoms with Gasteiger partial charge in [-0.15, -0.1) is 11.3 Å². The Kier molecular flexibility index (Phi) is 3.56. The van der Waals surface area contributed by atoms with Crippen LogP contribution in [0.15, 0.2) is 53.9 Å². The molecule has 0 amide bonds. The van der Waals surface area contributed by atoms with Gasteiger partial charge in [-0.25, -0.2) is 0 Å². The van der Waals surface area contributed by atoms with E-state index in [0.717, 1.165) is 16.1 Å². The lowest BCUT2D eigenvalue weighted by molar-refractivity contribution is 0.180. The Morgan fingerprint density at radius 2 is 1.84 bits per heavy atom. The molecular weight excluding hydrogens is 276 g/mol. The molecule has 0 aliphatic carbocycles. The van der Waals surface area contributed by atoms with E-state index in [9.17, 15) is 5.11 Å². The quantitative estimate of drug-likeness (QED) is 0.732. The Balaban J connectivity index is 1.89. The van der Waals surface area contributed by atoms with Crippen molar-refractivity contribution in [1.29, 1.82) is 0 Å². The van der Waals surface area contributed by atoms with Crippen molar-refractivity contribution in [3.05, 3.63) is 70.1 Å². The summed E-state index contributed by atoms with van der Waals surface area (Å²) in [5.74, 6) is 0. The van der Waals surface area contributed by atoms with Crippen LogP contribution in [-0.2, 0) is 6.42 Å². The molecular formula is C16H13ClOS. The van der Waals surface area contributed by atoms with Gasteiger partial charge in [0.1, 0.15) is 0 Å². The van der Waals surface area contributed by atoms with Gasteiger partial charge >= 0.3 is 0 Å². The van der Waals surface area contributed by atoms with Crippen LogP contribution >= 0.6 is 22.9 Å². The molecule has 1 N–H and O–H groups in total. The van der Waals surface area contributed by atoms with Crippen LogP contribution in [0, 0.1) is 0 Å². The molecule has 2 aromatic carbocycles. The average molecular weight is 289 g/mol. The van der Waals surface area contributed by atoms with E-state index in [1.807, 2.05) is 36.4 Å². The molecule has 96 valence electrons. The predicted octanol–water partition coefficient (Wildman–Crippen LogP) is 4.83. The molecule has 0 saturated carbocycles. The van der Waals surface area contributed by atoms with Gasteiger partial charge < -0.3 is 5.11 Å². The van der Waals surface area contributed by atoms with E-state index in [0.29, 0.717) is 6.42 Å². The number of thiophene rings is 1. The molecule has 0 aliphatic heterocycles. The summed E-state index contributed by atoms with van der Waals surface area (Å²) in [6.07, 6.45) is 0.122. The zero-order valence-electron chi connectivity index (χ0n) is 10.2. The summed E-state index contributed by atoms with van der Waals surface area (Å²) in [5.41, 5.74) is 2.09. The van der Waals surface area contributed by atoms with Crippen molar-refractivity contribution in [2.75, 3.05) is 0 Å². The van der Waals surface area contributed by atoms with Crippen molar-refractivity contribution < 1.29 is 5.11 Å². The number of fused-ring (bicyclic) bond motifs is 1. The maximum absolute atomic E-state index is 10.4. The normalized spacial score (nSPS) is 12.7. The Morgan fingerprint density at radius 1 is 1.05 bits per heavy atom. The van der Waals surface area contributed by atoms with Crippen LogP contribution in [-0.4, -0.2) is 5.11 Å². The van der Waals surface area contributed by atoms with Crippen LogP contribution in [0.2, 0.25) is 5.02 Å². The molecule has 1 aromatic heterocycles. The zero-order valence-corrected chi connectivity index (χ0v) is 11.8. The minimum absolute atomic E-state index is 0.483. The van der Waals surface area contributed by atoms with E-state index in [1.54, 1.807) is 11.3 Å². The van der Waals surface area contributed by atoms with E-state index >= 15 is 0 Å². The smallest absolute Gasteiger partial charge is 0.0844 e. The number of aliphatic hydroxyl groups is 1. The minimum atomic E-state index is -0.483. The van der Waals surface area contributed by atoms with Gasteiger partial charge in [-0.2, -0.15) is 0 Å². The number of benzene rings is 2. The summed E-state index contributed by atoms with van der Waals surface area (Å²) < 4.78 is 1.17. The monoisotopic (exact) mass is 288 g/mol. The van der Waals surface area contributed by atoms with Crippen molar-refractivity contribution in [2.45, 2.75) is 12.5 Å². The van der Waals surface area contributed by atoms with Crippen LogP contribution in [0.4, 0.5) is 0 Å². The van der Waals surface area contributed by atoms with Gasteiger partial charge in [0.05, 0.1) is 6.10 Å². The highest BCUT2D eigenvalue weighted by molar-refractivity contribution is 7.17. The number of hydrogen-bond acceptors (Lipinski definition) is 2. The predicted molar refractivity (Wildman–Crippen MR) is 81.9 cm³/mol. The molecule has 0 spiro atoms. The van der Waals surface area contributed by atoms with Gasteiger partial charge in [0, 0.05) is 16.1 Å². The molecule has 3 heteroatoms. The summed E-state index contributed by atoms with van der Waals surface area (Å²) >= 11 is 7.54. The molecule has 1 heterocycles. The van der Waals surface area contributed by atoms with Crippen LogP contribution in [0.5, 0.6) is 0 Å². The first kappa shape index (κ1) is 12.7. The third kappa shape index (κ3) is 2.66. The first-order valence-corrected chi connectivity index (χ1v) is 7.38. The SMILES string of the molecule is OC(Cc1ccc(Cl)cc1)c1cccc2ccsc12. The largest absolute Gasteiger partial charge is 0.388 e. The van der Waals surface area contributed by atoms with Gasteiger partial charge in [-0.3, -0.25) is 0 Å². The Bertz CT molecular complexity index is 687. The van der Waals surface area contributed by atoms with Gasteiger partial charge in [-0.1, -0.05) is 41.9 Å². The third-order valence-electron chi connectivity index (χ3n) is 3.21. The summed E-state index contributed by atoms with van der Waals surface area (Å²) in [5, 5.41) is 14.4. The van der Waals surface area contributed by atoms with Crippen molar-refractivity contribution in [2.24, 2.45) is 0 Å². The summed E-state index contributed by atoms with van der Waals surface area (Å²) in [6.45, 7) is 0. The average Bonchev–Trinajstić information content (AvgIpc) is 2.89. The fraction of sp³-hybridized carbons (Fsp3) is 0.125. The summed E-state index contributed by atoms with van der Waals surface area (Å²) in [7, 11) is 0. The molecule has 3 rings (SSSR count). The summed E-state index contributed by atoms with van der Waals surface area (Å²) in [6, 6.07) is 15.8. The molecule has 3 aromatic rings. The lowest BCUT2D eigenvalue weighted by Gasteiger charge is -2.12. The minimum Gasteiger partial charge on any atom is -0.388 e. The van der Waals surface area contributed by atoms with Gasteiger partial charge in [0.25, 0.3) is 0 Å². The van der Waals surface area contributed by atoms with Crippen LogP contribution in [0.25, 0.3) is 10.1 Å². The Hall–Kier alpha value is -1.35. The fourth-order valence-corrected chi connectivity index (χ4v) is 3.32. The summed E-state index contributed by atoms with van der Waals surface area (Å²) in [4.78, 5) is 0. The second-order valence-electron chi connectivity index (χ2n) is 4.53. The number of rotatable bonds is 3. The van der Waals surface area contributed by atoms with Crippen LogP contribution in [0.1, 0.15) is 17.2 Å². The molecule has 1 nitrogen and oxygen atoms in total. The first-order valence-electron chi connectivity index (χ1n) is 6.12. The van der Waals surface area contributed by atoms with Crippen LogP contribution in [0.3, 0.4) is 0 Å². The fourth-order valence-electron chi connectivity index (χ4n) is 2.23. The van der Waals surface area contributed by atoms with E-state index in [2.05, 4.69) is 17.5 Å². The maximum atomic E-state index is 10.4. The number of aliphatic hydroxyl groups excluding tert-OH is 1. The number of halogens is 1. The second kappa shape index (κ2) is 5.33. The van der Waals surface area contributed by atoms with Crippen molar-refractivity contribution >= 4 is 33.0 Å². The van der Waals surface area contributed by atoms with E-state index in [-0.39, 0.29) is 0 Å². The molecule has 0 aliphatic rings.